The van der Waals surface area contributed by atoms with Gasteiger partial charge in [-0.1, -0.05) is 6.92 Å². The third-order valence-corrected chi connectivity index (χ3v) is 4.58. The minimum atomic E-state index is 0.587. The lowest BCUT2D eigenvalue weighted by Gasteiger charge is -2.11. The van der Waals surface area contributed by atoms with E-state index in [0.717, 1.165) is 6.54 Å². The van der Waals surface area contributed by atoms with Gasteiger partial charge < -0.3 is 5.32 Å². The third-order valence-electron chi connectivity index (χ3n) is 2.57. The second kappa shape index (κ2) is 7.30. The zero-order valence-corrected chi connectivity index (χ0v) is 12.3. The molecule has 0 aliphatic carbocycles. The van der Waals surface area contributed by atoms with Crippen LogP contribution in [-0.4, -0.2) is 22.5 Å². The van der Waals surface area contributed by atoms with Crippen molar-refractivity contribution < 1.29 is 0 Å². The van der Waals surface area contributed by atoms with E-state index in [1.54, 1.807) is 11.3 Å². The Labute approximate surface area is 107 Å². The Kier molecular flexibility index (Phi) is 6.39. The highest BCUT2D eigenvalue weighted by Crippen LogP contribution is 2.16. The van der Waals surface area contributed by atoms with Crippen molar-refractivity contribution in [3.63, 3.8) is 0 Å². The Hall–Kier alpha value is -0.0600. The fraction of sp³-hybridized carbons (Fsp3) is 0.750. The molecule has 0 bridgehead atoms. The van der Waals surface area contributed by atoms with Crippen LogP contribution < -0.4 is 5.32 Å². The van der Waals surface area contributed by atoms with Gasteiger partial charge >= 0.3 is 0 Å². The van der Waals surface area contributed by atoms with Gasteiger partial charge in [0, 0.05) is 17.5 Å². The lowest BCUT2D eigenvalue weighted by Crippen LogP contribution is -2.25. The first kappa shape index (κ1) is 14.0. The van der Waals surface area contributed by atoms with Crippen LogP contribution >= 0.6 is 23.1 Å². The van der Waals surface area contributed by atoms with Crippen molar-refractivity contribution in [2.45, 2.75) is 46.7 Å². The molecule has 0 amide bonds. The molecule has 0 saturated heterocycles. The van der Waals surface area contributed by atoms with Crippen molar-refractivity contribution in [3.8, 4) is 0 Å². The molecular weight excluding hydrogens is 236 g/mol. The summed E-state index contributed by atoms with van der Waals surface area (Å²) in [6, 6.07) is 0.587. The van der Waals surface area contributed by atoms with E-state index in [1.807, 2.05) is 11.8 Å². The maximum absolute atomic E-state index is 4.53. The Morgan fingerprint density at radius 1 is 1.44 bits per heavy atom. The van der Waals surface area contributed by atoms with E-state index in [1.165, 1.54) is 33.5 Å². The van der Waals surface area contributed by atoms with Crippen molar-refractivity contribution >= 4 is 23.1 Å². The molecule has 0 fully saturated rings. The van der Waals surface area contributed by atoms with Gasteiger partial charge in [-0.05, 0) is 38.7 Å². The highest BCUT2D eigenvalue weighted by atomic mass is 32.2. The molecule has 0 radical (unpaired) electrons. The maximum Gasteiger partial charge on any atom is 0.107 e. The number of hydrogen-bond donors (Lipinski definition) is 1. The van der Waals surface area contributed by atoms with Gasteiger partial charge in [0.1, 0.15) is 5.01 Å². The normalized spacial score (nSPS) is 13.0. The van der Waals surface area contributed by atoms with Gasteiger partial charge in [0.2, 0.25) is 0 Å². The molecule has 0 aliphatic heterocycles. The van der Waals surface area contributed by atoms with Crippen LogP contribution in [0, 0.1) is 13.8 Å². The summed E-state index contributed by atoms with van der Waals surface area (Å²) < 4.78 is 0. The number of aromatic nitrogens is 1. The quantitative estimate of drug-likeness (QED) is 0.759. The van der Waals surface area contributed by atoms with E-state index >= 15 is 0 Å². The van der Waals surface area contributed by atoms with Crippen LogP contribution in [0.3, 0.4) is 0 Å². The monoisotopic (exact) mass is 258 g/mol. The lowest BCUT2D eigenvalue weighted by molar-refractivity contribution is 0.536. The standard InChI is InChI=1S/C12H22N2S2/c1-5-15-7-6-9(2)13-8-12-14-10(3)11(4)16-12/h9,13H,5-8H2,1-4H3. The van der Waals surface area contributed by atoms with Crippen molar-refractivity contribution in [2.75, 3.05) is 11.5 Å². The first-order chi connectivity index (χ1) is 7.63. The first-order valence-electron chi connectivity index (χ1n) is 5.87. The molecule has 92 valence electrons. The fourth-order valence-corrected chi connectivity index (χ4v) is 3.08. The predicted octanol–water partition coefficient (Wildman–Crippen LogP) is 3.38. The molecule has 1 atom stereocenters. The predicted molar refractivity (Wildman–Crippen MR) is 75.5 cm³/mol. The van der Waals surface area contributed by atoms with Crippen LogP contribution in [0.25, 0.3) is 0 Å². The van der Waals surface area contributed by atoms with E-state index in [-0.39, 0.29) is 0 Å². The Morgan fingerprint density at radius 2 is 2.19 bits per heavy atom. The molecule has 1 N–H and O–H groups in total. The van der Waals surface area contributed by atoms with Gasteiger partial charge in [0.15, 0.2) is 0 Å². The van der Waals surface area contributed by atoms with E-state index in [4.69, 9.17) is 0 Å². The fourth-order valence-electron chi connectivity index (χ4n) is 1.38. The smallest absolute Gasteiger partial charge is 0.107 e. The van der Waals surface area contributed by atoms with Crippen LogP contribution in [0.5, 0.6) is 0 Å². The highest BCUT2D eigenvalue weighted by molar-refractivity contribution is 7.99. The summed E-state index contributed by atoms with van der Waals surface area (Å²) in [4.78, 5) is 5.87. The summed E-state index contributed by atoms with van der Waals surface area (Å²) in [7, 11) is 0. The summed E-state index contributed by atoms with van der Waals surface area (Å²) in [5.41, 5.74) is 1.18. The zero-order valence-electron chi connectivity index (χ0n) is 10.7. The van der Waals surface area contributed by atoms with Crippen molar-refractivity contribution in [1.82, 2.24) is 10.3 Å². The average molecular weight is 258 g/mol. The number of nitrogens with zero attached hydrogens (tertiary/aromatic N) is 1. The van der Waals surface area contributed by atoms with Crippen LogP contribution in [0.1, 0.15) is 35.8 Å². The van der Waals surface area contributed by atoms with E-state index in [9.17, 15) is 0 Å². The van der Waals surface area contributed by atoms with Gasteiger partial charge in [-0.25, -0.2) is 4.98 Å². The highest BCUT2D eigenvalue weighted by Gasteiger charge is 2.05. The maximum atomic E-state index is 4.53. The molecule has 1 heterocycles. The number of aryl methyl sites for hydroxylation is 2. The summed E-state index contributed by atoms with van der Waals surface area (Å²) in [6.07, 6.45) is 1.24. The van der Waals surface area contributed by atoms with Crippen molar-refractivity contribution in [2.24, 2.45) is 0 Å². The zero-order chi connectivity index (χ0) is 12.0. The number of nitrogens with one attached hydrogen (secondary N) is 1. The largest absolute Gasteiger partial charge is 0.308 e. The molecule has 0 aromatic carbocycles. The molecule has 0 saturated carbocycles. The van der Waals surface area contributed by atoms with Crippen LogP contribution in [0.2, 0.25) is 0 Å². The Morgan fingerprint density at radius 3 is 2.75 bits per heavy atom. The van der Waals surface area contributed by atoms with E-state index < -0.39 is 0 Å². The summed E-state index contributed by atoms with van der Waals surface area (Å²) >= 11 is 3.82. The van der Waals surface area contributed by atoms with Gasteiger partial charge in [0.25, 0.3) is 0 Å². The molecule has 4 heteroatoms. The van der Waals surface area contributed by atoms with Gasteiger partial charge in [0.05, 0.1) is 5.69 Å². The Bertz CT molecular complexity index is 290. The molecule has 1 aromatic rings. The van der Waals surface area contributed by atoms with E-state index in [0.29, 0.717) is 6.04 Å². The molecule has 16 heavy (non-hydrogen) atoms. The molecule has 1 rings (SSSR count). The summed E-state index contributed by atoms with van der Waals surface area (Å²) in [6.45, 7) is 9.60. The first-order valence-corrected chi connectivity index (χ1v) is 7.84. The second-order valence-corrected chi connectivity index (χ2v) is 6.70. The minimum Gasteiger partial charge on any atom is -0.308 e. The number of hydrogen-bond acceptors (Lipinski definition) is 4. The topological polar surface area (TPSA) is 24.9 Å². The van der Waals surface area contributed by atoms with E-state index in [2.05, 4.69) is 38.0 Å². The third kappa shape index (κ3) is 4.85. The van der Waals surface area contributed by atoms with Gasteiger partial charge in [-0.3, -0.25) is 0 Å². The second-order valence-electron chi connectivity index (χ2n) is 4.02. The number of thiazole rings is 1. The molecule has 1 unspecified atom stereocenters. The summed E-state index contributed by atoms with van der Waals surface area (Å²) in [5, 5.41) is 4.75. The van der Waals surface area contributed by atoms with Crippen molar-refractivity contribution in [3.05, 3.63) is 15.6 Å². The van der Waals surface area contributed by atoms with Gasteiger partial charge in [-0.2, -0.15) is 11.8 Å². The minimum absolute atomic E-state index is 0.587. The molecule has 2 nitrogen and oxygen atoms in total. The molecular formula is C12H22N2S2. The van der Waals surface area contributed by atoms with Crippen LogP contribution in [0.4, 0.5) is 0 Å². The average Bonchev–Trinajstić information content (AvgIpc) is 2.56. The summed E-state index contributed by atoms with van der Waals surface area (Å²) in [5.74, 6) is 2.47. The SMILES string of the molecule is CCSCCC(C)NCc1nc(C)c(C)s1. The van der Waals surface area contributed by atoms with Crippen molar-refractivity contribution in [1.29, 1.82) is 0 Å². The number of thioether (sulfide) groups is 1. The Balaban J connectivity index is 2.23. The van der Waals surface area contributed by atoms with Gasteiger partial charge in [-0.15, -0.1) is 11.3 Å². The van der Waals surface area contributed by atoms with Crippen LogP contribution in [-0.2, 0) is 6.54 Å². The van der Waals surface area contributed by atoms with Crippen LogP contribution in [0.15, 0.2) is 0 Å². The number of rotatable bonds is 7. The molecule has 0 aliphatic rings. The molecule has 0 spiro atoms. The molecule has 1 aromatic heterocycles. The lowest BCUT2D eigenvalue weighted by atomic mass is 10.2.